The zero-order valence-electron chi connectivity index (χ0n) is 10.3. The molecule has 0 spiro atoms. The zero-order valence-corrected chi connectivity index (χ0v) is 11.9. The Hall–Kier alpha value is -0.880. The van der Waals surface area contributed by atoms with E-state index in [4.69, 9.17) is 0 Å². The summed E-state index contributed by atoms with van der Waals surface area (Å²) in [7, 11) is -2.98. The highest BCUT2D eigenvalue weighted by atomic mass is 32.2. The van der Waals surface area contributed by atoms with E-state index in [1.165, 1.54) is 4.88 Å². The lowest BCUT2D eigenvalue weighted by molar-refractivity contribution is -0.124. The maximum Gasteiger partial charge on any atom is 0.224 e. The minimum absolute atomic E-state index is 0.00452. The van der Waals surface area contributed by atoms with Crippen LogP contribution >= 0.6 is 11.3 Å². The summed E-state index contributed by atoms with van der Waals surface area (Å²) in [4.78, 5) is 13.1. The van der Waals surface area contributed by atoms with Gasteiger partial charge in [0.25, 0.3) is 0 Å². The molecule has 1 aliphatic heterocycles. The first-order chi connectivity index (χ1) is 8.46. The molecule has 0 aliphatic carbocycles. The van der Waals surface area contributed by atoms with Crippen LogP contribution in [0.1, 0.15) is 18.2 Å². The van der Waals surface area contributed by atoms with E-state index in [1.54, 1.807) is 11.3 Å². The number of hydrogen-bond donors (Lipinski definition) is 1. The van der Waals surface area contributed by atoms with E-state index in [1.807, 2.05) is 24.4 Å². The lowest BCUT2D eigenvalue weighted by Crippen LogP contribution is -2.38. The molecule has 1 aromatic heterocycles. The van der Waals surface area contributed by atoms with Gasteiger partial charge in [0, 0.05) is 17.3 Å². The number of rotatable bonds is 4. The van der Waals surface area contributed by atoms with E-state index in [-0.39, 0.29) is 29.4 Å². The summed E-state index contributed by atoms with van der Waals surface area (Å²) in [5.41, 5.74) is 0. The topological polar surface area (TPSA) is 63.2 Å². The molecule has 0 unspecified atom stereocenters. The normalized spacial score (nSPS) is 23.7. The number of hydrogen-bond acceptors (Lipinski definition) is 4. The summed E-state index contributed by atoms with van der Waals surface area (Å²) in [6.45, 7) is 1.95. The van der Waals surface area contributed by atoms with Crippen molar-refractivity contribution in [2.45, 2.75) is 25.8 Å². The third-order valence-electron chi connectivity index (χ3n) is 3.08. The van der Waals surface area contributed by atoms with Gasteiger partial charge in [-0.1, -0.05) is 6.07 Å². The highest BCUT2D eigenvalue weighted by Crippen LogP contribution is 2.19. The molecule has 2 rings (SSSR count). The number of carbonyl (C=O) groups excluding carboxylic acids is 1. The second-order valence-electron chi connectivity index (χ2n) is 4.79. The van der Waals surface area contributed by atoms with Crippen molar-refractivity contribution < 1.29 is 13.2 Å². The highest BCUT2D eigenvalue weighted by molar-refractivity contribution is 7.91. The maximum absolute atomic E-state index is 11.9. The quantitative estimate of drug-likeness (QED) is 0.906. The van der Waals surface area contributed by atoms with Gasteiger partial charge in [0.05, 0.1) is 17.4 Å². The summed E-state index contributed by atoms with van der Waals surface area (Å²) in [6.07, 6.45) is 1.25. The van der Waals surface area contributed by atoms with Crippen LogP contribution in [0.4, 0.5) is 0 Å². The largest absolute Gasteiger partial charge is 0.353 e. The Morgan fingerprint density at radius 2 is 2.39 bits per heavy atom. The average Bonchev–Trinajstić information content (AvgIpc) is 2.87. The number of nitrogens with one attached hydrogen (secondary N) is 1. The monoisotopic (exact) mass is 287 g/mol. The van der Waals surface area contributed by atoms with Crippen molar-refractivity contribution in [3.63, 3.8) is 0 Å². The van der Waals surface area contributed by atoms with Crippen LogP contribution < -0.4 is 5.32 Å². The molecule has 6 heteroatoms. The zero-order chi connectivity index (χ0) is 13.2. The molecule has 18 heavy (non-hydrogen) atoms. The van der Waals surface area contributed by atoms with Gasteiger partial charge in [-0.2, -0.15) is 0 Å². The first-order valence-corrected chi connectivity index (χ1v) is 8.69. The van der Waals surface area contributed by atoms with Gasteiger partial charge in [-0.05, 0) is 24.8 Å². The molecule has 1 fully saturated rings. The van der Waals surface area contributed by atoms with Crippen molar-refractivity contribution in [2.24, 2.45) is 5.92 Å². The fraction of sp³-hybridized carbons (Fsp3) is 0.583. The standard InChI is InChI=1S/C12H17NO3S2/c1-9(7-11-3-2-5-17-11)13-12(14)10-4-6-18(15,16)8-10/h2-3,5,9-10H,4,6-8H2,1H3,(H,13,14)/t9-,10+/m0/s1. The van der Waals surface area contributed by atoms with Crippen LogP contribution in [0.2, 0.25) is 0 Å². The molecular formula is C12H17NO3S2. The van der Waals surface area contributed by atoms with Crippen molar-refractivity contribution in [1.29, 1.82) is 0 Å². The summed E-state index contributed by atoms with van der Waals surface area (Å²) < 4.78 is 22.6. The number of carbonyl (C=O) groups is 1. The van der Waals surface area contributed by atoms with Gasteiger partial charge in [0.2, 0.25) is 5.91 Å². The van der Waals surface area contributed by atoms with Crippen LogP contribution in [0.3, 0.4) is 0 Å². The van der Waals surface area contributed by atoms with Crippen LogP contribution in [-0.2, 0) is 21.1 Å². The van der Waals surface area contributed by atoms with Crippen LogP contribution in [0.5, 0.6) is 0 Å². The molecule has 100 valence electrons. The van der Waals surface area contributed by atoms with Gasteiger partial charge < -0.3 is 5.32 Å². The Bertz CT molecular complexity index is 507. The van der Waals surface area contributed by atoms with Crippen molar-refractivity contribution >= 4 is 27.1 Å². The first-order valence-electron chi connectivity index (χ1n) is 5.99. The molecule has 1 saturated heterocycles. The van der Waals surface area contributed by atoms with Crippen LogP contribution in [-0.4, -0.2) is 31.9 Å². The predicted octanol–water partition coefficient (Wildman–Crippen LogP) is 1.23. The predicted molar refractivity (Wildman–Crippen MR) is 72.4 cm³/mol. The van der Waals surface area contributed by atoms with Gasteiger partial charge in [0.1, 0.15) is 0 Å². The second-order valence-corrected chi connectivity index (χ2v) is 8.05. The molecule has 1 N–H and O–H groups in total. The fourth-order valence-electron chi connectivity index (χ4n) is 2.14. The third kappa shape index (κ3) is 3.55. The fourth-order valence-corrected chi connectivity index (χ4v) is 4.72. The number of amides is 1. The van der Waals surface area contributed by atoms with Crippen molar-refractivity contribution in [3.8, 4) is 0 Å². The van der Waals surface area contributed by atoms with Crippen molar-refractivity contribution in [2.75, 3.05) is 11.5 Å². The molecule has 0 aromatic carbocycles. The summed E-state index contributed by atoms with van der Waals surface area (Å²) in [5, 5.41) is 4.91. The molecule has 1 aromatic rings. The van der Waals surface area contributed by atoms with E-state index < -0.39 is 9.84 Å². The Morgan fingerprint density at radius 1 is 1.61 bits per heavy atom. The van der Waals surface area contributed by atoms with Crippen LogP contribution in [0, 0.1) is 5.92 Å². The molecule has 4 nitrogen and oxygen atoms in total. The van der Waals surface area contributed by atoms with Crippen LogP contribution in [0.25, 0.3) is 0 Å². The molecule has 2 atom stereocenters. The molecule has 0 bridgehead atoms. The molecule has 1 aliphatic rings. The van der Waals surface area contributed by atoms with Gasteiger partial charge in [0.15, 0.2) is 9.84 Å². The Kier molecular flexibility index (Phi) is 4.07. The van der Waals surface area contributed by atoms with Crippen LogP contribution in [0.15, 0.2) is 17.5 Å². The molecule has 1 amide bonds. The smallest absolute Gasteiger partial charge is 0.224 e. The highest BCUT2D eigenvalue weighted by Gasteiger charge is 2.33. The Balaban J connectivity index is 1.84. The molecule has 2 heterocycles. The van der Waals surface area contributed by atoms with Crippen molar-refractivity contribution in [1.82, 2.24) is 5.32 Å². The van der Waals surface area contributed by atoms with E-state index in [2.05, 4.69) is 5.32 Å². The third-order valence-corrected chi connectivity index (χ3v) is 5.75. The number of sulfone groups is 1. The Labute approximate surface area is 111 Å². The van der Waals surface area contributed by atoms with Gasteiger partial charge >= 0.3 is 0 Å². The SMILES string of the molecule is C[C@@H](Cc1cccs1)NC(=O)[C@@H]1CCS(=O)(=O)C1. The average molecular weight is 287 g/mol. The van der Waals surface area contributed by atoms with E-state index >= 15 is 0 Å². The minimum Gasteiger partial charge on any atom is -0.353 e. The lowest BCUT2D eigenvalue weighted by Gasteiger charge is -2.15. The summed E-state index contributed by atoms with van der Waals surface area (Å²) >= 11 is 1.66. The second kappa shape index (κ2) is 5.40. The molecule has 0 saturated carbocycles. The minimum atomic E-state index is -2.98. The maximum atomic E-state index is 11.9. The van der Waals surface area contributed by atoms with E-state index in [9.17, 15) is 13.2 Å². The van der Waals surface area contributed by atoms with E-state index in [0.717, 1.165) is 6.42 Å². The van der Waals surface area contributed by atoms with Gasteiger partial charge in [-0.25, -0.2) is 8.42 Å². The van der Waals surface area contributed by atoms with E-state index in [0.29, 0.717) is 6.42 Å². The molecule has 0 radical (unpaired) electrons. The lowest BCUT2D eigenvalue weighted by atomic mass is 10.1. The molecular weight excluding hydrogens is 270 g/mol. The number of thiophene rings is 1. The van der Waals surface area contributed by atoms with Crippen molar-refractivity contribution in [3.05, 3.63) is 22.4 Å². The van der Waals surface area contributed by atoms with Gasteiger partial charge in [-0.15, -0.1) is 11.3 Å². The Morgan fingerprint density at radius 3 is 2.94 bits per heavy atom. The first kappa shape index (κ1) is 13.5. The van der Waals surface area contributed by atoms with Gasteiger partial charge in [-0.3, -0.25) is 4.79 Å². The summed E-state index contributed by atoms with van der Waals surface area (Å²) in [5.74, 6) is -0.337. The summed E-state index contributed by atoms with van der Waals surface area (Å²) in [6, 6.07) is 4.06.